The molecule has 4 heteroatoms. The maximum absolute atomic E-state index is 13.2. The van der Waals surface area contributed by atoms with Gasteiger partial charge in [0.15, 0.2) is 0 Å². The van der Waals surface area contributed by atoms with Gasteiger partial charge in [-0.05, 0) is 23.3 Å². The maximum Gasteiger partial charge on any atom is 0.233 e. The molecule has 1 aliphatic heterocycles. The summed E-state index contributed by atoms with van der Waals surface area (Å²) in [4.78, 5) is 14.6. The minimum absolute atomic E-state index is 0.177. The Kier molecular flexibility index (Phi) is 7.02. The lowest BCUT2D eigenvalue weighted by Gasteiger charge is -2.38. The Balaban J connectivity index is 1.54. The molecule has 1 saturated heterocycles. The first kappa shape index (κ1) is 22.6. The van der Waals surface area contributed by atoms with Crippen molar-refractivity contribution in [1.82, 2.24) is 0 Å². The number of likely N-dealkylation sites (tertiary alicyclic amines) is 1. The van der Waals surface area contributed by atoms with E-state index in [9.17, 15) is 4.79 Å². The summed E-state index contributed by atoms with van der Waals surface area (Å²) in [5, 5.41) is 0. The van der Waals surface area contributed by atoms with Crippen LogP contribution in [-0.4, -0.2) is 42.8 Å². The zero-order valence-electron chi connectivity index (χ0n) is 18.8. The molecule has 0 aromatic heterocycles. The lowest BCUT2D eigenvalue weighted by Crippen LogP contribution is -2.51. The third kappa shape index (κ3) is 4.62. The fourth-order valence-electron chi connectivity index (χ4n) is 5.42. The third-order valence-corrected chi connectivity index (χ3v) is 8.09. The molecule has 4 rings (SSSR count). The van der Waals surface area contributed by atoms with Crippen molar-refractivity contribution < 1.29 is 9.28 Å². The Hall–Kier alpha value is -2.56. The van der Waals surface area contributed by atoms with Crippen LogP contribution in [0.3, 0.4) is 0 Å². The van der Waals surface area contributed by atoms with Crippen molar-refractivity contribution in [2.45, 2.75) is 23.2 Å². The van der Waals surface area contributed by atoms with Crippen LogP contribution in [0.1, 0.15) is 24.0 Å². The van der Waals surface area contributed by atoms with Crippen LogP contribution in [0.15, 0.2) is 95.9 Å². The van der Waals surface area contributed by atoms with Crippen LogP contribution in [0.2, 0.25) is 0 Å². The SMILES string of the molecule is C[N@+]1(CCCSc2ccccc2)CC[C@@H](C(C(N)=O)(c2ccccc2)c2ccccc2)C1. The monoisotopic (exact) mass is 445 g/mol. The highest BCUT2D eigenvalue weighted by atomic mass is 32.2. The molecule has 32 heavy (non-hydrogen) atoms. The van der Waals surface area contributed by atoms with Gasteiger partial charge in [-0.1, -0.05) is 78.9 Å². The zero-order chi connectivity index (χ0) is 22.4. The molecule has 3 nitrogen and oxygen atoms in total. The molecule has 3 aromatic rings. The Morgan fingerprint density at radius 1 is 0.938 bits per heavy atom. The van der Waals surface area contributed by atoms with Crippen molar-refractivity contribution in [2.24, 2.45) is 11.7 Å². The fourth-order valence-corrected chi connectivity index (χ4v) is 6.28. The van der Waals surface area contributed by atoms with E-state index in [0.717, 1.165) is 53.8 Å². The zero-order valence-corrected chi connectivity index (χ0v) is 19.6. The molecule has 166 valence electrons. The summed E-state index contributed by atoms with van der Waals surface area (Å²) in [6.07, 6.45) is 2.15. The van der Waals surface area contributed by atoms with Crippen LogP contribution >= 0.6 is 11.8 Å². The van der Waals surface area contributed by atoms with E-state index in [1.807, 2.05) is 48.2 Å². The second kappa shape index (κ2) is 9.93. The van der Waals surface area contributed by atoms with Gasteiger partial charge in [0.05, 0.1) is 26.7 Å². The molecule has 2 N–H and O–H groups in total. The van der Waals surface area contributed by atoms with Gasteiger partial charge < -0.3 is 10.2 Å². The Bertz CT molecular complexity index is 970. The van der Waals surface area contributed by atoms with E-state index in [2.05, 4.69) is 61.6 Å². The molecule has 0 spiro atoms. The van der Waals surface area contributed by atoms with E-state index in [0.29, 0.717) is 0 Å². The van der Waals surface area contributed by atoms with E-state index < -0.39 is 5.41 Å². The maximum atomic E-state index is 13.2. The number of nitrogens with zero attached hydrogens (tertiary/aromatic N) is 1. The summed E-state index contributed by atoms with van der Waals surface area (Å²) in [5.41, 5.74) is 7.47. The second-order valence-corrected chi connectivity index (χ2v) is 10.3. The predicted molar refractivity (Wildman–Crippen MR) is 134 cm³/mol. The molecule has 0 aliphatic carbocycles. The Morgan fingerprint density at radius 2 is 1.47 bits per heavy atom. The minimum Gasteiger partial charge on any atom is -0.369 e. The van der Waals surface area contributed by atoms with E-state index in [1.54, 1.807) is 0 Å². The highest BCUT2D eigenvalue weighted by Crippen LogP contribution is 2.45. The third-order valence-electron chi connectivity index (χ3n) is 6.99. The van der Waals surface area contributed by atoms with Gasteiger partial charge in [0.2, 0.25) is 5.91 Å². The number of hydrogen-bond acceptors (Lipinski definition) is 2. The van der Waals surface area contributed by atoms with Gasteiger partial charge in [-0.3, -0.25) is 4.79 Å². The number of hydrogen-bond donors (Lipinski definition) is 1. The first-order valence-corrected chi connectivity index (χ1v) is 12.5. The van der Waals surface area contributed by atoms with Gasteiger partial charge in [0.25, 0.3) is 0 Å². The fraction of sp³-hybridized carbons (Fsp3) is 0.321. The van der Waals surface area contributed by atoms with Gasteiger partial charge in [0, 0.05) is 29.4 Å². The van der Waals surface area contributed by atoms with Crippen LogP contribution < -0.4 is 5.73 Å². The molecule has 2 atom stereocenters. The topological polar surface area (TPSA) is 43.1 Å². The summed E-state index contributed by atoms with van der Waals surface area (Å²) in [6, 6.07) is 30.9. The van der Waals surface area contributed by atoms with Gasteiger partial charge in [-0.2, -0.15) is 0 Å². The lowest BCUT2D eigenvalue weighted by molar-refractivity contribution is -0.899. The van der Waals surface area contributed by atoms with Gasteiger partial charge in [-0.15, -0.1) is 11.8 Å². The molecule has 0 unspecified atom stereocenters. The average molecular weight is 446 g/mol. The highest BCUT2D eigenvalue weighted by Gasteiger charge is 2.53. The number of amides is 1. The van der Waals surface area contributed by atoms with Crippen LogP contribution in [0.25, 0.3) is 0 Å². The number of primary amides is 1. The molecular weight excluding hydrogens is 412 g/mol. The van der Waals surface area contributed by atoms with Gasteiger partial charge in [-0.25, -0.2) is 0 Å². The molecule has 1 aliphatic rings. The number of rotatable bonds is 9. The molecule has 1 fully saturated rings. The van der Waals surface area contributed by atoms with Gasteiger partial charge in [0.1, 0.15) is 5.41 Å². The van der Waals surface area contributed by atoms with Crippen molar-refractivity contribution in [2.75, 3.05) is 32.4 Å². The first-order valence-electron chi connectivity index (χ1n) is 11.5. The molecule has 1 amide bonds. The number of quaternary nitrogens is 1. The lowest BCUT2D eigenvalue weighted by atomic mass is 9.64. The molecular formula is C28H33N2OS+. The molecule has 0 bridgehead atoms. The number of benzene rings is 3. The van der Waals surface area contributed by atoms with E-state index in [4.69, 9.17) is 5.73 Å². The standard InChI is InChI=1S/C28H32N2OS/c1-30(19-11-21-32-26-16-9-4-10-17-26)20-18-25(22-30)28(27(29)31,23-12-5-2-6-13-23)24-14-7-3-8-15-24/h2-10,12-17,25H,11,18-22H2,1H3,(H-,29,31)/p+1/t25-,30+/m1/s1. The Labute approximate surface area is 196 Å². The molecule has 0 saturated carbocycles. The summed E-state index contributed by atoms with van der Waals surface area (Å²) >= 11 is 1.92. The van der Waals surface area contributed by atoms with Crippen LogP contribution in [0, 0.1) is 5.92 Å². The van der Waals surface area contributed by atoms with Gasteiger partial charge >= 0.3 is 0 Å². The van der Waals surface area contributed by atoms with Crippen LogP contribution in [-0.2, 0) is 10.2 Å². The smallest absolute Gasteiger partial charge is 0.233 e. The van der Waals surface area contributed by atoms with E-state index in [1.165, 1.54) is 4.90 Å². The van der Waals surface area contributed by atoms with Crippen molar-refractivity contribution >= 4 is 17.7 Å². The number of carbonyl (C=O) groups is 1. The predicted octanol–water partition coefficient (Wildman–Crippen LogP) is 5.11. The second-order valence-electron chi connectivity index (χ2n) is 9.15. The van der Waals surface area contributed by atoms with Crippen molar-refractivity contribution in [3.05, 3.63) is 102 Å². The number of carbonyl (C=O) groups excluding carboxylic acids is 1. The molecule has 3 aromatic carbocycles. The number of nitrogens with two attached hydrogens (primary N) is 1. The van der Waals surface area contributed by atoms with E-state index in [-0.39, 0.29) is 11.8 Å². The first-order chi connectivity index (χ1) is 15.5. The van der Waals surface area contributed by atoms with Crippen LogP contribution in [0.4, 0.5) is 0 Å². The van der Waals surface area contributed by atoms with Crippen LogP contribution in [0.5, 0.6) is 0 Å². The minimum atomic E-state index is -0.794. The normalized spacial score (nSPS) is 20.8. The van der Waals surface area contributed by atoms with E-state index >= 15 is 0 Å². The van der Waals surface area contributed by atoms with Crippen molar-refractivity contribution in [3.8, 4) is 0 Å². The summed E-state index contributed by atoms with van der Waals surface area (Å²) < 4.78 is 0.995. The quantitative estimate of drug-likeness (QED) is 0.283. The summed E-state index contributed by atoms with van der Waals surface area (Å²) in [5.74, 6) is 1.05. The van der Waals surface area contributed by atoms with Crippen molar-refractivity contribution in [3.63, 3.8) is 0 Å². The van der Waals surface area contributed by atoms with Crippen molar-refractivity contribution in [1.29, 1.82) is 0 Å². The average Bonchev–Trinajstić information content (AvgIpc) is 3.21. The number of thioether (sulfide) groups is 1. The molecule has 0 radical (unpaired) electrons. The largest absolute Gasteiger partial charge is 0.369 e. The summed E-state index contributed by atoms with van der Waals surface area (Å²) in [7, 11) is 2.34. The summed E-state index contributed by atoms with van der Waals surface area (Å²) in [6.45, 7) is 3.16. The molecule has 1 heterocycles. The Morgan fingerprint density at radius 3 is 2.00 bits per heavy atom. The highest BCUT2D eigenvalue weighted by molar-refractivity contribution is 7.99.